The molecule has 5 heteroatoms. The molecule has 1 saturated carbocycles. The third kappa shape index (κ3) is 2.28. The van der Waals surface area contributed by atoms with Crippen LogP contribution >= 0.6 is 11.3 Å². The van der Waals surface area contributed by atoms with E-state index in [1.54, 1.807) is 0 Å². The second-order valence-corrected chi connectivity index (χ2v) is 5.02. The van der Waals surface area contributed by atoms with Crippen LogP contribution in [0.2, 0.25) is 0 Å². The van der Waals surface area contributed by atoms with E-state index in [1.165, 1.54) is 30.4 Å². The average Bonchev–Trinajstić information content (AvgIpc) is 2.77. The fourth-order valence-electron chi connectivity index (χ4n) is 1.96. The molecule has 0 saturated heterocycles. The van der Waals surface area contributed by atoms with Gasteiger partial charge < -0.3 is 10.4 Å². The number of nitrogens with one attached hydrogen (secondary N) is 1. The van der Waals surface area contributed by atoms with E-state index < -0.39 is 5.97 Å². The number of aromatic nitrogens is 1. The van der Waals surface area contributed by atoms with E-state index in [-0.39, 0.29) is 0 Å². The SMILES string of the molecule is CC1CCCC1Nc1ncc(C(=O)O)s1. The highest BCUT2D eigenvalue weighted by atomic mass is 32.1. The van der Waals surface area contributed by atoms with Gasteiger partial charge in [-0.15, -0.1) is 0 Å². The van der Waals surface area contributed by atoms with Crippen molar-refractivity contribution >= 4 is 22.4 Å². The second-order valence-electron chi connectivity index (χ2n) is 3.99. The minimum absolute atomic E-state index is 0.295. The molecule has 1 aromatic heterocycles. The van der Waals surface area contributed by atoms with E-state index in [4.69, 9.17) is 5.11 Å². The first-order valence-electron chi connectivity index (χ1n) is 5.12. The Kier molecular flexibility index (Phi) is 2.90. The lowest BCUT2D eigenvalue weighted by atomic mass is 10.1. The van der Waals surface area contributed by atoms with Crippen LogP contribution in [-0.2, 0) is 0 Å². The Morgan fingerprint density at radius 3 is 3.00 bits per heavy atom. The molecule has 0 bridgehead atoms. The van der Waals surface area contributed by atoms with Gasteiger partial charge in [0.25, 0.3) is 0 Å². The van der Waals surface area contributed by atoms with E-state index in [2.05, 4.69) is 17.2 Å². The highest BCUT2D eigenvalue weighted by Crippen LogP contribution is 2.29. The van der Waals surface area contributed by atoms with Crippen LogP contribution in [0.25, 0.3) is 0 Å². The lowest BCUT2D eigenvalue weighted by Gasteiger charge is -2.15. The topological polar surface area (TPSA) is 62.2 Å². The molecule has 0 amide bonds. The van der Waals surface area contributed by atoms with Crippen LogP contribution in [-0.4, -0.2) is 22.1 Å². The minimum Gasteiger partial charge on any atom is -0.477 e. The molecule has 1 aliphatic carbocycles. The third-order valence-corrected chi connectivity index (χ3v) is 3.80. The number of carboxylic acids is 1. The number of hydrogen-bond donors (Lipinski definition) is 2. The Morgan fingerprint density at radius 2 is 2.47 bits per heavy atom. The summed E-state index contributed by atoms with van der Waals surface area (Å²) in [6.07, 6.45) is 5.06. The number of carbonyl (C=O) groups is 1. The Morgan fingerprint density at radius 1 is 1.67 bits per heavy atom. The first-order chi connectivity index (χ1) is 7.16. The van der Waals surface area contributed by atoms with Crippen molar-refractivity contribution in [2.45, 2.75) is 32.2 Å². The molecule has 2 unspecified atom stereocenters. The first kappa shape index (κ1) is 10.4. The van der Waals surface area contributed by atoms with Crippen LogP contribution in [0.4, 0.5) is 5.13 Å². The quantitative estimate of drug-likeness (QED) is 0.831. The predicted octanol–water partition coefficient (Wildman–Crippen LogP) is 2.44. The fourth-order valence-corrected chi connectivity index (χ4v) is 2.67. The summed E-state index contributed by atoms with van der Waals surface area (Å²) >= 11 is 1.21. The summed E-state index contributed by atoms with van der Waals surface area (Å²) in [6.45, 7) is 2.22. The smallest absolute Gasteiger partial charge is 0.347 e. The van der Waals surface area contributed by atoms with Crippen molar-refractivity contribution < 1.29 is 9.90 Å². The first-order valence-corrected chi connectivity index (χ1v) is 5.94. The number of thiazole rings is 1. The van der Waals surface area contributed by atoms with Crippen molar-refractivity contribution in [1.82, 2.24) is 4.98 Å². The molecular weight excluding hydrogens is 212 g/mol. The molecule has 0 aromatic carbocycles. The third-order valence-electron chi connectivity index (χ3n) is 2.89. The molecule has 82 valence electrons. The lowest BCUT2D eigenvalue weighted by molar-refractivity contribution is 0.0702. The summed E-state index contributed by atoms with van der Waals surface area (Å²) in [5.74, 6) is -0.248. The van der Waals surface area contributed by atoms with Crippen molar-refractivity contribution in [3.05, 3.63) is 11.1 Å². The van der Waals surface area contributed by atoms with Gasteiger partial charge in [-0.25, -0.2) is 9.78 Å². The minimum atomic E-state index is -0.903. The van der Waals surface area contributed by atoms with Crippen LogP contribution in [0.3, 0.4) is 0 Å². The second kappa shape index (κ2) is 4.18. The molecule has 1 aliphatic rings. The summed E-state index contributed by atoms with van der Waals surface area (Å²) in [6, 6.07) is 0.456. The van der Waals surface area contributed by atoms with Gasteiger partial charge in [0.2, 0.25) is 0 Å². The number of carboxylic acid groups (broad SMARTS) is 1. The molecule has 1 heterocycles. The maximum atomic E-state index is 10.7. The van der Waals surface area contributed by atoms with E-state index in [1.807, 2.05) is 0 Å². The number of anilines is 1. The van der Waals surface area contributed by atoms with Gasteiger partial charge in [-0.3, -0.25) is 0 Å². The fraction of sp³-hybridized carbons (Fsp3) is 0.600. The van der Waals surface area contributed by atoms with Crippen LogP contribution in [0.1, 0.15) is 35.9 Å². The van der Waals surface area contributed by atoms with Gasteiger partial charge in [-0.2, -0.15) is 0 Å². The normalized spacial score (nSPS) is 25.4. The highest BCUT2D eigenvalue weighted by molar-refractivity contribution is 7.17. The number of nitrogens with zero attached hydrogens (tertiary/aromatic N) is 1. The zero-order chi connectivity index (χ0) is 10.8. The molecule has 1 aromatic rings. The molecule has 2 N–H and O–H groups in total. The summed E-state index contributed by atoms with van der Waals surface area (Å²) in [7, 11) is 0. The Hall–Kier alpha value is -1.10. The van der Waals surface area contributed by atoms with Crippen molar-refractivity contribution in [2.24, 2.45) is 5.92 Å². The van der Waals surface area contributed by atoms with E-state index >= 15 is 0 Å². The van der Waals surface area contributed by atoms with Gasteiger partial charge in [0.05, 0.1) is 6.20 Å². The van der Waals surface area contributed by atoms with Crippen LogP contribution in [0, 0.1) is 5.92 Å². The molecule has 0 radical (unpaired) electrons. The molecule has 15 heavy (non-hydrogen) atoms. The molecule has 1 fully saturated rings. The number of rotatable bonds is 3. The van der Waals surface area contributed by atoms with Crippen LogP contribution in [0.5, 0.6) is 0 Å². The molecular formula is C10H14N2O2S. The summed E-state index contributed by atoms with van der Waals surface area (Å²) in [5.41, 5.74) is 0. The van der Waals surface area contributed by atoms with Gasteiger partial charge in [-0.1, -0.05) is 24.7 Å². The van der Waals surface area contributed by atoms with Crippen molar-refractivity contribution in [1.29, 1.82) is 0 Å². The Bertz CT molecular complexity index is 364. The highest BCUT2D eigenvalue weighted by Gasteiger charge is 2.24. The summed E-state index contributed by atoms with van der Waals surface area (Å²) in [4.78, 5) is 15.0. The zero-order valence-electron chi connectivity index (χ0n) is 8.56. The maximum Gasteiger partial charge on any atom is 0.347 e. The van der Waals surface area contributed by atoms with Crippen molar-refractivity contribution in [2.75, 3.05) is 5.32 Å². The summed E-state index contributed by atoms with van der Waals surface area (Å²) in [5, 5.41) is 12.8. The van der Waals surface area contributed by atoms with E-state index in [9.17, 15) is 4.79 Å². The molecule has 0 aliphatic heterocycles. The van der Waals surface area contributed by atoms with E-state index in [0.29, 0.717) is 16.8 Å². The maximum absolute atomic E-state index is 10.7. The monoisotopic (exact) mass is 226 g/mol. The molecule has 0 spiro atoms. The predicted molar refractivity (Wildman–Crippen MR) is 59.5 cm³/mol. The largest absolute Gasteiger partial charge is 0.477 e. The average molecular weight is 226 g/mol. The van der Waals surface area contributed by atoms with Crippen molar-refractivity contribution in [3.63, 3.8) is 0 Å². The standard InChI is InChI=1S/C10H14N2O2S/c1-6-3-2-4-7(6)12-10-11-5-8(15-10)9(13)14/h5-7H,2-4H2,1H3,(H,11,12)(H,13,14). The van der Waals surface area contributed by atoms with Gasteiger partial charge in [0.1, 0.15) is 4.88 Å². The van der Waals surface area contributed by atoms with Gasteiger partial charge in [-0.05, 0) is 18.8 Å². The van der Waals surface area contributed by atoms with Crippen LogP contribution in [0.15, 0.2) is 6.20 Å². The van der Waals surface area contributed by atoms with Gasteiger partial charge in [0, 0.05) is 6.04 Å². The summed E-state index contributed by atoms with van der Waals surface area (Å²) < 4.78 is 0. The molecule has 2 rings (SSSR count). The van der Waals surface area contributed by atoms with Gasteiger partial charge >= 0.3 is 5.97 Å². The molecule has 4 nitrogen and oxygen atoms in total. The Balaban J connectivity index is 2.01. The molecule has 2 atom stereocenters. The zero-order valence-corrected chi connectivity index (χ0v) is 9.38. The van der Waals surface area contributed by atoms with Gasteiger partial charge in [0.15, 0.2) is 5.13 Å². The van der Waals surface area contributed by atoms with Crippen LogP contribution < -0.4 is 5.32 Å². The van der Waals surface area contributed by atoms with E-state index in [0.717, 1.165) is 11.6 Å². The number of aromatic carboxylic acids is 1. The number of hydrogen-bond acceptors (Lipinski definition) is 4. The lowest BCUT2D eigenvalue weighted by Crippen LogP contribution is -2.21. The Labute approximate surface area is 92.3 Å². The van der Waals surface area contributed by atoms with Crippen molar-refractivity contribution in [3.8, 4) is 0 Å².